The molecule has 0 bridgehead atoms. The van der Waals surface area contributed by atoms with E-state index in [0.29, 0.717) is 5.70 Å². The number of hydrogen-bond acceptors (Lipinski definition) is 3. The second-order valence-corrected chi connectivity index (χ2v) is 5.95. The highest BCUT2D eigenvalue weighted by molar-refractivity contribution is 5.80. The van der Waals surface area contributed by atoms with Crippen LogP contribution in [0, 0.1) is 11.3 Å². The van der Waals surface area contributed by atoms with E-state index in [4.69, 9.17) is 0 Å². The molecule has 4 nitrogen and oxygen atoms in total. The van der Waals surface area contributed by atoms with Gasteiger partial charge in [0.05, 0.1) is 5.52 Å². The molecule has 0 aliphatic rings. The highest BCUT2D eigenvalue weighted by Gasteiger charge is 2.15. The first-order valence-electron chi connectivity index (χ1n) is 8.39. The maximum Gasteiger partial charge on any atom is 0.141 e. The minimum Gasteiger partial charge on any atom is -0.202 e. The van der Waals surface area contributed by atoms with Gasteiger partial charge in [-0.2, -0.15) is 5.26 Å². The van der Waals surface area contributed by atoms with Crippen LogP contribution in [-0.2, 0) is 0 Å². The molecule has 1 heterocycles. The number of rotatable bonds is 4. The standard InChI is InChI=1S/C22H16N4/c23-16-19(26-22-14-8-7-13-21(22)24-25-26)15-20(17-9-3-1-4-10-17)18-11-5-2-6-12-18/h1-15,20H/b19-15+. The molecule has 0 unspecified atom stereocenters. The van der Waals surface area contributed by atoms with Crippen molar-refractivity contribution in [2.75, 3.05) is 0 Å². The molecule has 0 radical (unpaired) electrons. The van der Waals surface area contributed by atoms with Crippen LogP contribution < -0.4 is 0 Å². The molecule has 0 saturated heterocycles. The number of aromatic nitrogens is 3. The van der Waals surface area contributed by atoms with E-state index in [2.05, 4.69) is 40.6 Å². The van der Waals surface area contributed by atoms with Gasteiger partial charge in [0.25, 0.3) is 0 Å². The smallest absolute Gasteiger partial charge is 0.141 e. The summed E-state index contributed by atoms with van der Waals surface area (Å²) in [7, 11) is 0. The monoisotopic (exact) mass is 336 g/mol. The molecule has 0 atom stereocenters. The number of allylic oxidation sites excluding steroid dienone is 2. The van der Waals surface area contributed by atoms with Crippen LogP contribution in [0.5, 0.6) is 0 Å². The van der Waals surface area contributed by atoms with Gasteiger partial charge < -0.3 is 0 Å². The Kier molecular flexibility index (Phi) is 4.28. The summed E-state index contributed by atoms with van der Waals surface area (Å²) in [6.07, 6.45) is 1.95. The summed E-state index contributed by atoms with van der Waals surface area (Å²) in [5.41, 5.74) is 4.29. The van der Waals surface area contributed by atoms with Crippen LogP contribution in [-0.4, -0.2) is 15.0 Å². The van der Waals surface area contributed by atoms with Crippen LogP contribution in [0.4, 0.5) is 0 Å². The molecule has 0 fully saturated rings. The van der Waals surface area contributed by atoms with Crippen LogP contribution >= 0.6 is 0 Å². The van der Waals surface area contributed by atoms with Gasteiger partial charge in [0.15, 0.2) is 0 Å². The van der Waals surface area contributed by atoms with Crippen molar-refractivity contribution < 1.29 is 0 Å². The predicted molar refractivity (Wildman–Crippen MR) is 102 cm³/mol. The second kappa shape index (κ2) is 7.04. The van der Waals surface area contributed by atoms with E-state index in [0.717, 1.165) is 22.2 Å². The van der Waals surface area contributed by atoms with Crippen molar-refractivity contribution >= 4 is 16.7 Å². The highest BCUT2D eigenvalue weighted by atomic mass is 15.4. The van der Waals surface area contributed by atoms with E-state index in [1.165, 1.54) is 0 Å². The molecule has 0 saturated carbocycles. The van der Waals surface area contributed by atoms with Crippen LogP contribution in [0.15, 0.2) is 91.0 Å². The summed E-state index contributed by atoms with van der Waals surface area (Å²) in [4.78, 5) is 0. The zero-order valence-corrected chi connectivity index (χ0v) is 14.0. The number of nitrogens with zero attached hydrogens (tertiary/aromatic N) is 4. The van der Waals surface area contributed by atoms with E-state index in [1.54, 1.807) is 4.68 Å². The Balaban J connectivity index is 1.86. The van der Waals surface area contributed by atoms with Crippen molar-refractivity contribution in [2.45, 2.75) is 5.92 Å². The molecule has 0 aliphatic carbocycles. The molecule has 26 heavy (non-hydrogen) atoms. The predicted octanol–water partition coefficient (Wildman–Crippen LogP) is 4.63. The molecule has 0 spiro atoms. The Bertz CT molecular complexity index is 1050. The van der Waals surface area contributed by atoms with Crippen LogP contribution in [0.3, 0.4) is 0 Å². The third kappa shape index (κ3) is 2.99. The van der Waals surface area contributed by atoms with Crippen LogP contribution in [0.2, 0.25) is 0 Å². The van der Waals surface area contributed by atoms with Gasteiger partial charge in [0.1, 0.15) is 17.3 Å². The topological polar surface area (TPSA) is 54.5 Å². The molecule has 4 rings (SSSR count). The molecular weight excluding hydrogens is 320 g/mol. The third-order valence-electron chi connectivity index (χ3n) is 4.34. The third-order valence-corrected chi connectivity index (χ3v) is 4.34. The summed E-state index contributed by atoms with van der Waals surface area (Å²) in [6, 6.07) is 30.2. The van der Waals surface area contributed by atoms with Gasteiger partial charge in [-0.15, -0.1) is 5.10 Å². The number of para-hydroxylation sites is 1. The number of hydrogen-bond donors (Lipinski definition) is 0. The van der Waals surface area contributed by atoms with Crippen molar-refractivity contribution in [2.24, 2.45) is 0 Å². The van der Waals surface area contributed by atoms with Gasteiger partial charge in [0.2, 0.25) is 0 Å². The molecule has 0 amide bonds. The zero-order chi connectivity index (χ0) is 17.8. The van der Waals surface area contributed by atoms with Gasteiger partial charge in [-0.25, -0.2) is 4.68 Å². The van der Waals surface area contributed by atoms with Gasteiger partial charge >= 0.3 is 0 Å². The summed E-state index contributed by atoms with van der Waals surface area (Å²) < 4.78 is 1.61. The lowest BCUT2D eigenvalue weighted by Crippen LogP contribution is -2.03. The Morgan fingerprint density at radius 3 is 2.04 bits per heavy atom. The molecule has 3 aromatic carbocycles. The molecular formula is C22H16N4. The quantitative estimate of drug-likeness (QED) is 0.511. The number of nitriles is 1. The van der Waals surface area contributed by atoms with Crippen molar-refractivity contribution in [1.82, 2.24) is 15.0 Å². The second-order valence-electron chi connectivity index (χ2n) is 5.95. The first-order chi connectivity index (χ1) is 12.9. The Hall–Kier alpha value is -3.71. The van der Waals surface area contributed by atoms with Gasteiger partial charge in [-0.1, -0.05) is 78.0 Å². The lowest BCUT2D eigenvalue weighted by atomic mass is 9.90. The highest BCUT2D eigenvalue weighted by Crippen LogP contribution is 2.28. The van der Waals surface area contributed by atoms with Crippen molar-refractivity contribution in [3.63, 3.8) is 0 Å². The Morgan fingerprint density at radius 2 is 1.42 bits per heavy atom. The fourth-order valence-electron chi connectivity index (χ4n) is 3.07. The largest absolute Gasteiger partial charge is 0.202 e. The molecule has 4 aromatic rings. The minimum atomic E-state index is -0.0463. The average molecular weight is 336 g/mol. The molecule has 0 aliphatic heterocycles. The number of fused-ring (bicyclic) bond motifs is 1. The SMILES string of the molecule is N#C/C(=C\C(c1ccccc1)c1ccccc1)n1nnc2ccccc21. The summed E-state index contributed by atoms with van der Waals surface area (Å²) in [5.74, 6) is -0.0463. The van der Waals surface area contributed by atoms with E-state index in [1.807, 2.05) is 66.7 Å². The lowest BCUT2D eigenvalue weighted by molar-refractivity contribution is 0.839. The van der Waals surface area contributed by atoms with Crippen molar-refractivity contribution in [3.05, 3.63) is 102 Å². The van der Waals surface area contributed by atoms with Crippen LogP contribution in [0.1, 0.15) is 17.0 Å². The average Bonchev–Trinajstić information content (AvgIpc) is 3.14. The van der Waals surface area contributed by atoms with E-state index < -0.39 is 0 Å². The first-order valence-corrected chi connectivity index (χ1v) is 8.39. The van der Waals surface area contributed by atoms with Crippen molar-refractivity contribution in [3.8, 4) is 6.07 Å². The summed E-state index contributed by atoms with van der Waals surface area (Å²) in [6.45, 7) is 0. The van der Waals surface area contributed by atoms with Crippen molar-refractivity contribution in [1.29, 1.82) is 5.26 Å². The minimum absolute atomic E-state index is 0.0463. The first kappa shape index (κ1) is 15.8. The van der Waals surface area contributed by atoms with Gasteiger partial charge in [-0.3, -0.25) is 0 Å². The molecule has 4 heteroatoms. The van der Waals surface area contributed by atoms with Crippen LogP contribution in [0.25, 0.3) is 16.7 Å². The maximum atomic E-state index is 9.79. The van der Waals surface area contributed by atoms with Gasteiger partial charge in [0, 0.05) is 5.92 Å². The normalized spacial score (nSPS) is 11.6. The summed E-state index contributed by atoms with van der Waals surface area (Å²) in [5, 5.41) is 18.1. The fourth-order valence-corrected chi connectivity index (χ4v) is 3.07. The molecule has 0 N–H and O–H groups in total. The Labute approximate surface area is 151 Å². The summed E-state index contributed by atoms with van der Waals surface area (Å²) >= 11 is 0. The van der Waals surface area contributed by atoms with E-state index in [-0.39, 0.29) is 5.92 Å². The molecule has 1 aromatic heterocycles. The molecule has 124 valence electrons. The van der Waals surface area contributed by atoms with E-state index in [9.17, 15) is 5.26 Å². The van der Waals surface area contributed by atoms with E-state index >= 15 is 0 Å². The number of benzene rings is 3. The Morgan fingerprint density at radius 1 is 0.846 bits per heavy atom. The lowest BCUT2D eigenvalue weighted by Gasteiger charge is -2.15. The maximum absolute atomic E-state index is 9.79. The van der Waals surface area contributed by atoms with Gasteiger partial charge in [-0.05, 0) is 29.3 Å². The fraction of sp³-hybridized carbons (Fsp3) is 0.0455. The zero-order valence-electron chi connectivity index (χ0n) is 14.0.